The minimum absolute atomic E-state index is 0.0385. The number of aliphatic hydroxyl groups excluding tert-OH is 3. The van der Waals surface area contributed by atoms with Crippen molar-refractivity contribution in [2.45, 2.75) is 217 Å². The third-order valence-corrected chi connectivity index (χ3v) is 9.85. The second-order valence-electron chi connectivity index (χ2n) is 14.1. The molecule has 7 heteroatoms. The summed E-state index contributed by atoms with van der Waals surface area (Å²) < 4.78 is 11.5. The van der Waals surface area contributed by atoms with Gasteiger partial charge < -0.3 is 29.6 Å². The summed E-state index contributed by atoms with van der Waals surface area (Å²) in [6, 6.07) is 0. The maximum absolute atomic E-state index is 11.8. The average molecular weight is 625 g/mol. The third kappa shape index (κ3) is 17.6. The third-order valence-electron chi connectivity index (χ3n) is 9.85. The number of hydrogen-bond acceptors (Lipinski definition) is 7. The highest BCUT2D eigenvalue weighted by atomic mass is 16.6. The minimum atomic E-state index is -0.470. The van der Waals surface area contributed by atoms with Crippen LogP contribution in [0.5, 0.6) is 0 Å². The minimum Gasteiger partial charge on any atom is -0.462 e. The molecule has 44 heavy (non-hydrogen) atoms. The van der Waals surface area contributed by atoms with Gasteiger partial charge in [0.05, 0.1) is 36.4 Å². The van der Waals surface area contributed by atoms with Crippen LogP contribution in [0.4, 0.5) is 0 Å². The summed E-state index contributed by atoms with van der Waals surface area (Å²) in [6.07, 6.45) is 25.1. The van der Waals surface area contributed by atoms with Crippen molar-refractivity contribution in [3.63, 3.8) is 0 Å². The van der Waals surface area contributed by atoms with E-state index in [4.69, 9.17) is 9.47 Å². The summed E-state index contributed by atoms with van der Waals surface area (Å²) in [4.78, 5) is 23.1. The first-order valence-corrected chi connectivity index (χ1v) is 18.7. The van der Waals surface area contributed by atoms with Gasteiger partial charge in [0.2, 0.25) is 0 Å². The van der Waals surface area contributed by atoms with Crippen LogP contribution >= 0.6 is 0 Å². The van der Waals surface area contributed by atoms with Gasteiger partial charge >= 0.3 is 5.97 Å². The van der Waals surface area contributed by atoms with Gasteiger partial charge in [0.15, 0.2) is 0 Å². The highest BCUT2D eigenvalue weighted by Gasteiger charge is 2.35. The molecule has 0 spiro atoms. The fourth-order valence-corrected chi connectivity index (χ4v) is 7.04. The lowest BCUT2D eigenvalue weighted by atomic mass is 9.96. The number of unbranched alkanes of at least 4 members (excludes halogenated alkanes) is 14. The lowest BCUT2D eigenvalue weighted by Crippen LogP contribution is -2.31. The second-order valence-corrected chi connectivity index (χ2v) is 14.1. The lowest BCUT2D eigenvalue weighted by Gasteiger charge is -2.22. The Bertz CT molecular complexity index is 743. The largest absolute Gasteiger partial charge is 0.462 e. The first-order valence-electron chi connectivity index (χ1n) is 18.7. The van der Waals surface area contributed by atoms with Crippen molar-refractivity contribution in [1.82, 2.24) is 0 Å². The van der Waals surface area contributed by atoms with Gasteiger partial charge in [0, 0.05) is 6.42 Å². The number of ether oxygens (including phenoxy) is 2. The number of carbonyl (C=O) groups excluding carboxylic acids is 2. The van der Waals surface area contributed by atoms with E-state index in [0.717, 1.165) is 89.9 Å². The SMILES string of the molecule is CCCCCCCCCCCC[C@@H](O)[C@H]1CC[C@H]([C@H](O)CCCCC[C@@H](O)CCCCCC[C@@H]2C[C@H](CC(C)=O)C(=O)O2)O1. The Morgan fingerprint density at radius 3 is 1.68 bits per heavy atom. The zero-order valence-electron chi connectivity index (χ0n) is 28.4. The molecule has 2 saturated heterocycles. The Kier molecular flexibility index (Phi) is 21.5. The van der Waals surface area contributed by atoms with Gasteiger partial charge in [-0.15, -0.1) is 0 Å². The molecule has 0 saturated carbocycles. The number of ketones is 1. The molecule has 2 rings (SSSR count). The maximum atomic E-state index is 11.8. The number of aliphatic hydroxyl groups is 3. The van der Waals surface area contributed by atoms with Crippen LogP contribution in [0, 0.1) is 5.92 Å². The molecule has 2 heterocycles. The van der Waals surface area contributed by atoms with Crippen molar-refractivity contribution >= 4 is 11.8 Å². The van der Waals surface area contributed by atoms with Crippen LogP contribution < -0.4 is 0 Å². The topological polar surface area (TPSA) is 113 Å². The Labute approximate surface area is 269 Å². The predicted molar refractivity (Wildman–Crippen MR) is 176 cm³/mol. The smallest absolute Gasteiger partial charge is 0.309 e. The van der Waals surface area contributed by atoms with Crippen LogP contribution in [-0.2, 0) is 19.1 Å². The summed E-state index contributed by atoms with van der Waals surface area (Å²) in [6.45, 7) is 3.78. The molecule has 0 aromatic heterocycles. The van der Waals surface area contributed by atoms with E-state index in [9.17, 15) is 24.9 Å². The fourth-order valence-electron chi connectivity index (χ4n) is 7.04. The van der Waals surface area contributed by atoms with E-state index in [1.54, 1.807) is 0 Å². The van der Waals surface area contributed by atoms with E-state index in [2.05, 4.69) is 6.92 Å². The number of Topliss-reactive ketones (excluding diaryl/α,β-unsaturated/α-hetero) is 1. The van der Waals surface area contributed by atoms with Crippen LogP contribution in [-0.4, -0.2) is 63.7 Å². The molecule has 0 bridgehead atoms. The fraction of sp³-hybridized carbons (Fsp3) is 0.946. The highest BCUT2D eigenvalue weighted by molar-refractivity contribution is 5.83. The average Bonchev–Trinajstić information content (AvgIpc) is 3.62. The van der Waals surface area contributed by atoms with Gasteiger partial charge in [0.1, 0.15) is 11.9 Å². The molecule has 7 nitrogen and oxygen atoms in total. The monoisotopic (exact) mass is 624 g/mol. The number of esters is 1. The van der Waals surface area contributed by atoms with Crippen molar-refractivity contribution in [1.29, 1.82) is 0 Å². The number of carbonyl (C=O) groups is 2. The molecule has 0 aromatic rings. The zero-order valence-corrected chi connectivity index (χ0v) is 28.4. The standard InChI is InChI=1S/C37H68O7/c1-3-4-5-6-7-8-9-10-11-18-23-33(40)35-25-26-36(44-35)34(41)24-19-14-16-21-31(39)20-15-12-13-17-22-32-28-30(27-29(2)38)37(42)43-32/h30-36,39-41H,3-28H2,1-2H3/t30-,31-,32+,33+,34+,35+,36+/m0/s1. The van der Waals surface area contributed by atoms with E-state index < -0.39 is 12.2 Å². The summed E-state index contributed by atoms with van der Waals surface area (Å²) in [7, 11) is 0. The van der Waals surface area contributed by atoms with E-state index in [1.807, 2.05) is 0 Å². The Hall–Kier alpha value is -1.02. The molecule has 0 unspecified atom stereocenters. The Morgan fingerprint density at radius 1 is 0.705 bits per heavy atom. The predicted octanol–water partition coefficient (Wildman–Crippen LogP) is 8.13. The Balaban J connectivity index is 1.38. The van der Waals surface area contributed by atoms with E-state index in [0.29, 0.717) is 19.3 Å². The Morgan fingerprint density at radius 2 is 1.16 bits per heavy atom. The molecule has 258 valence electrons. The normalized spacial score (nSPS) is 24.0. The van der Waals surface area contributed by atoms with Crippen LogP contribution in [0.25, 0.3) is 0 Å². The van der Waals surface area contributed by atoms with Crippen molar-refractivity contribution in [2.24, 2.45) is 5.92 Å². The summed E-state index contributed by atoms with van der Waals surface area (Å²) in [5, 5.41) is 31.6. The van der Waals surface area contributed by atoms with Gasteiger partial charge in [-0.05, 0) is 64.7 Å². The van der Waals surface area contributed by atoms with Gasteiger partial charge in [0.25, 0.3) is 0 Å². The van der Waals surface area contributed by atoms with Crippen molar-refractivity contribution in [3.05, 3.63) is 0 Å². The van der Waals surface area contributed by atoms with Crippen LogP contribution in [0.1, 0.15) is 181 Å². The summed E-state index contributed by atoms with van der Waals surface area (Å²) in [5.74, 6) is -0.419. The van der Waals surface area contributed by atoms with E-state index in [1.165, 1.54) is 64.7 Å². The van der Waals surface area contributed by atoms with Crippen LogP contribution in [0.15, 0.2) is 0 Å². The maximum Gasteiger partial charge on any atom is 0.309 e. The first-order chi connectivity index (χ1) is 21.3. The molecule has 0 aromatic carbocycles. The van der Waals surface area contributed by atoms with Gasteiger partial charge in [-0.3, -0.25) is 4.79 Å². The zero-order chi connectivity index (χ0) is 32.0. The van der Waals surface area contributed by atoms with Gasteiger partial charge in [-0.1, -0.05) is 110 Å². The van der Waals surface area contributed by atoms with Crippen molar-refractivity contribution in [2.75, 3.05) is 0 Å². The molecule has 2 fully saturated rings. The number of hydrogen-bond donors (Lipinski definition) is 3. The highest BCUT2D eigenvalue weighted by Crippen LogP contribution is 2.29. The molecule has 0 amide bonds. The second kappa shape index (κ2) is 24.2. The first kappa shape index (κ1) is 39.2. The molecule has 0 radical (unpaired) electrons. The molecule has 7 atom stereocenters. The van der Waals surface area contributed by atoms with E-state index >= 15 is 0 Å². The number of rotatable bonds is 28. The molecular weight excluding hydrogens is 556 g/mol. The van der Waals surface area contributed by atoms with E-state index in [-0.39, 0.29) is 42.1 Å². The molecular formula is C37H68O7. The molecule has 2 aliphatic heterocycles. The molecule has 3 N–H and O–H groups in total. The molecule has 2 aliphatic rings. The van der Waals surface area contributed by atoms with Gasteiger partial charge in [-0.25, -0.2) is 0 Å². The van der Waals surface area contributed by atoms with Crippen molar-refractivity contribution in [3.8, 4) is 0 Å². The van der Waals surface area contributed by atoms with Crippen LogP contribution in [0.3, 0.4) is 0 Å². The molecule has 0 aliphatic carbocycles. The lowest BCUT2D eigenvalue weighted by molar-refractivity contribution is -0.145. The van der Waals surface area contributed by atoms with Crippen LogP contribution in [0.2, 0.25) is 0 Å². The van der Waals surface area contributed by atoms with Gasteiger partial charge in [-0.2, -0.15) is 0 Å². The van der Waals surface area contributed by atoms with Crippen molar-refractivity contribution < 1.29 is 34.4 Å². The summed E-state index contributed by atoms with van der Waals surface area (Å²) in [5.41, 5.74) is 0. The summed E-state index contributed by atoms with van der Waals surface area (Å²) >= 11 is 0. The quantitative estimate of drug-likeness (QED) is 0.0595. The number of cyclic esters (lactones) is 1.